The summed E-state index contributed by atoms with van der Waals surface area (Å²) in [6.45, 7) is 4.54. The summed E-state index contributed by atoms with van der Waals surface area (Å²) in [6, 6.07) is 12.0. The molecule has 2 aromatic carbocycles. The summed E-state index contributed by atoms with van der Waals surface area (Å²) >= 11 is 6.21. The molecule has 27 heavy (non-hydrogen) atoms. The first-order valence-electron chi connectivity index (χ1n) is 9.09. The average Bonchev–Trinajstić information content (AvgIpc) is 3.01. The maximum absolute atomic E-state index is 12.5. The highest BCUT2D eigenvalue weighted by Crippen LogP contribution is 2.27. The molecule has 4 nitrogen and oxygen atoms in total. The second kappa shape index (κ2) is 8.05. The van der Waals surface area contributed by atoms with E-state index in [4.69, 9.17) is 16.3 Å². The van der Waals surface area contributed by atoms with Gasteiger partial charge in [0.15, 0.2) is 0 Å². The molecule has 1 N–H and O–H groups in total. The number of benzene rings is 2. The van der Waals surface area contributed by atoms with Crippen molar-refractivity contribution >= 4 is 28.4 Å². The van der Waals surface area contributed by atoms with E-state index in [-0.39, 0.29) is 5.91 Å². The zero-order valence-electron chi connectivity index (χ0n) is 16.2. The van der Waals surface area contributed by atoms with Gasteiger partial charge in [-0.1, -0.05) is 29.8 Å². The van der Waals surface area contributed by atoms with Crippen LogP contribution >= 0.6 is 11.6 Å². The van der Waals surface area contributed by atoms with Crippen molar-refractivity contribution in [3.8, 4) is 5.75 Å². The van der Waals surface area contributed by atoms with E-state index in [1.165, 1.54) is 0 Å². The van der Waals surface area contributed by atoms with E-state index in [0.717, 1.165) is 51.2 Å². The molecule has 0 radical (unpaired) electrons. The smallest absolute Gasteiger partial charge is 0.270 e. The van der Waals surface area contributed by atoms with Crippen molar-refractivity contribution in [3.63, 3.8) is 0 Å². The molecule has 1 heterocycles. The molecule has 0 fully saturated rings. The van der Waals surface area contributed by atoms with Gasteiger partial charge in [-0.2, -0.15) is 0 Å². The molecule has 0 aliphatic heterocycles. The molecule has 1 aromatic heterocycles. The largest absolute Gasteiger partial charge is 0.494 e. The molecule has 0 atom stereocenters. The third-order valence-corrected chi connectivity index (χ3v) is 5.28. The Kier molecular flexibility index (Phi) is 5.76. The molecule has 5 heteroatoms. The van der Waals surface area contributed by atoms with Crippen molar-refractivity contribution in [2.45, 2.75) is 26.7 Å². The molecule has 0 saturated carbocycles. The van der Waals surface area contributed by atoms with Crippen LogP contribution in [0.2, 0.25) is 5.02 Å². The third-order valence-electron chi connectivity index (χ3n) is 4.68. The fraction of sp³-hybridized carbons (Fsp3) is 0.318. The number of H-pyrrole nitrogens is 1. The summed E-state index contributed by atoms with van der Waals surface area (Å²) < 4.78 is 5.92. The number of para-hydroxylation sites is 1. The first-order chi connectivity index (χ1) is 12.9. The van der Waals surface area contributed by atoms with E-state index in [2.05, 4.69) is 11.1 Å². The van der Waals surface area contributed by atoms with Gasteiger partial charge in [-0.3, -0.25) is 4.79 Å². The quantitative estimate of drug-likeness (QED) is 0.597. The fourth-order valence-corrected chi connectivity index (χ4v) is 3.40. The van der Waals surface area contributed by atoms with Crippen molar-refractivity contribution in [3.05, 3.63) is 63.8 Å². The number of hydrogen-bond acceptors (Lipinski definition) is 2. The predicted octanol–water partition coefficient (Wildman–Crippen LogP) is 5.15. The van der Waals surface area contributed by atoms with Crippen molar-refractivity contribution in [1.82, 2.24) is 9.88 Å². The molecule has 0 spiro atoms. The minimum absolute atomic E-state index is 0.00827. The van der Waals surface area contributed by atoms with Gasteiger partial charge in [-0.25, -0.2) is 0 Å². The first kappa shape index (κ1) is 19.3. The molecule has 142 valence electrons. The van der Waals surface area contributed by atoms with Gasteiger partial charge in [-0.15, -0.1) is 0 Å². The highest BCUT2D eigenvalue weighted by Gasteiger charge is 2.18. The molecule has 0 aliphatic carbocycles. The zero-order valence-corrected chi connectivity index (χ0v) is 17.0. The van der Waals surface area contributed by atoms with Gasteiger partial charge in [0.25, 0.3) is 5.91 Å². The number of fused-ring (bicyclic) bond motifs is 1. The summed E-state index contributed by atoms with van der Waals surface area (Å²) in [5.41, 5.74) is 4.74. The Balaban J connectivity index is 1.73. The van der Waals surface area contributed by atoms with Crippen molar-refractivity contribution in [2.24, 2.45) is 0 Å². The maximum atomic E-state index is 12.5. The van der Waals surface area contributed by atoms with Gasteiger partial charge < -0.3 is 14.6 Å². The van der Waals surface area contributed by atoms with E-state index >= 15 is 0 Å². The number of amides is 1. The zero-order chi connectivity index (χ0) is 19.6. The minimum atomic E-state index is -0.00827. The lowest BCUT2D eigenvalue weighted by atomic mass is 10.0. The molecule has 3 aromatic rings. The van der Waals surface area contributed by atoms with Gasteiger partial charge >= 0.3 is 0 Å². The van der Waals surface area contributed by atoms with E-state index in [1.54, 1.807) is 19.0 Å². The Bertz CT molecular complexity index is 953. The Morgan fingerprint density at radius 1 is 1.15 bits per heavy atom. The number of aromatic amines is 1. The number of aryl methyl sites for hydroxylation is 3. The minimum Gasteiger partial charge on any atom is -0.494 e. The predicted molar refractivity (Wildman–Crippen MR) is 111 cm³/mol. The number of nitrogens with zero attached hydrogens (tertiary/aromatic N) is 1. The summed E-state index contributed by atoms with van der Waals surface area (Å²) in [5, 5.41) is 1.88. The summed E-state index contributed by atoms with van der Waals surface area (Å²) in [4.78, 5) is 17.4. The van der Waals surface area contributed by atoms with E-state index in [0.29, 0.717) is 12.3 Å². The molecule has 0 unspecified atom stereocenters. The standard InChI is InChI=1S/C22H25ClN2O2/c1-14-12-16(13-15(2)20(14)23)27-11-7-9-18-17-8-5-6-10-19(17)24-21(18)22(26)25(3)4/h5-6,8,10,12-13,24H,7,9,11H2,1-4H3. The maximum Gasteiger partial charge on any atom is 0.270 e. The van der Waals surface area contributed by atoms with Gasteiger partial charge in [0.1, 0.15) is 11.4 Å². The lowest BCUT2D eigenvalue weighted by Gasteiger charge is -2.12. The van der Waals surface area contributed by atoms with Crippen molar-refractivity contribution in [2.75, 3.05) is 20.7 Å². The van der Waals surface area contributed by atoms with Crippen LogP contribution in [-0.4, -0.2) is 36.5 Å². The number of carbonyl (C=O) groups is 1. The Morgan fingerprint density at radius 3 is 2.48 bits per heavy atom. The fourth-order valence-electron chi connectivity index (χ4n) is 3.29. The number of rotatable bonds is 6. The Labute approximate surface area is 165 Å². The Hall–Kier alpha value is -2.46. The number of hydrogen-bond donors (Lipinski definition) is 1. The molecule has 1 amide bonds. The molecule has 0 saturated heterocycles. The SMILES string of the molecule is Cc1cc(OCCCc2c(C(=O)N(C)C)[nH]c3ccccc23)cc(C)c1Cl. The average molecular weight is 385 g/mol. The van der Waals surface area contributed by atoms with E-state index in [9.17, 15) is 4.79 Å². The first-order valence-corrected chi connectivity index (χ1v) is 9.47. The van der Waals surface area contributed by atoms with Crippen LogP contribution in [0.4, 0.5) is 0 Å². The number of carbonyl (C=O) groups excluding carboxylic acids is 1. The van der Waals surface area contributed by atoms with Crippen LogP contribution in [0.25, 0.3) is 10.9 Å². The van der Waals surface area contributed by atoms with Gasteiger partial charge in [0.05, 0.1) is 6.61 Å². The lowest BCUT2D eigenvalue weighted by Crippen LogP contribution is -2.23. The van der Waals surface area contributed by atoms with Crippen molar-refractivity contribution < 1.29 is 9.53 Å². The summed E-state index contributed by atoms with van der Waals surface area (Å²) in [5.74, 6) is 0.823. The second-order valence-electron chi connectivity index (χ2n) is 7.05. The van der Waals surface area contributed by atoms with Gasteiger partial charge in [0.2, 0.25) is 0 Å². The number of aromatic nitrogens is 1. The van der Waals surface area contributed by atoms with Crippen LogP contribution in [0.1, 0.15) is 33.6 Å². The molecule has 0 bridgehead atoms. The molecular formula is C22H25ClN2O2. The lowest BCUT2D eigenvalue weighted by molar-refractivity contribution is 0.0821. The topological polar surface area (TPSA) is 45.3 Å². The normalized spacial score (nSPS) is 11.0. The summed E-state index contributed by atoms with van der Waals surface area (Å²) in [7, 11) is 3.54. The highest BCUT2D eigenvalue weighted by molar-refractivity contribution is 6.32. The second-order valence-corrected chi connectivity index (χ2v) is 7.42. The van der Waals surface area contributed by atoms with Gasteiger partial charge in [0, 0.05) is 30.0 Å². The molecule has 0 aliphatic rings. The third kappa shape index (κ3) is 4.11. The molecular weight excluding hydrogens is 360 g/mol. The van der Waals surface area contributed by atoms with Crippen LogP contribution < -0.4 is 4.74 Å². The number of ether oxygens (including phenoxy) is 1. The number of nitrogens with one attached hydrogen (secondary N) is 1. The Morgan fingerprint density at radius 2 is 1.81 bits per heavy atom. The van der Waals surface area contributed by atoms with Crippen LogP contribution in [0.3, 0.4) is 0 Å². The van der Waals surface area contributed by atoms with Crippen LogP contribution in [-0.2, 0) is 6.42 Å². The van der Waals surface area contributed by atoms with Crippen LogP contribution in [0.5, 0.6) is 5.75 Å². The number of halogens is 1. The van der Waals surface area contributed by atoms with Crippen LogP contribution in [0.15, 0.2) is 36.4 Å². The molecule has 3 rings (SSSR count). The van der Waals surface area contributed by atoms with Crippen LogP contribution in [0, 0.1) is 13.8 Å². The monoisotopic (exact) mass is 384 g/mol. The summed E-state index contributed by atoms with van der Waals surface area (Å²) in [6.07, 6.45) is 1.58. The van der Waals surface area contributed by atoms with Crippen molar-refractivity contribution in [1.29, 1.82) is 0 Å². The van der Waals surface area contributed by atoms with E-state index in [1.807, 2.05) is 44.2 Å². The van der Waals surface area contributed by atoms with E-state index < -0.39 is 0 Å². The highest BCUT2D eigenvalue weighted by atomic mass is 35.5. The van der Waals surface area contributed by atoms with Gasteiger partial charge in [-0.05, 0) is 61.6 Å².